The van der Waals surface area contributed by atoms with E-state index in [1.165, 1.54) is 0 Å². The molecule has 26 heavy (non-hydrogen) atoms. The zero-order valence-corrected chi connectivity index (χ0v) is 14.4. The van der Waals surface area contributed by atoms with E-state index in [0.717, 1.165) is 29.2 Å². The Morgan fingerprint density at radius 1 is 0.962 bits per heavy atom. The first-order valence-electron chi connectivity index (χ1n) is 8.70. The van der Waals surface area contributed by atoms with Gasteiger partial charge in [-0.05, 0) is 54.1 Å². The van der Waals surface area contributed by atoms with Crippen LogP contribution in [0.2, 0.25) is 0 Å². The van der Waals surface area contributed by atoms with Crippen molar-refractivity contribution in [3.63, 3.8) is 0 Å². The summed E-state index contributed by atoms with van der Waals surface area (Å²) in [5, 5.41) is 2.95. The van der Waals surface area contributed by atoms with E-state index in [9.17, 15) is 4.79 Å². The molecule has 1 aliphatic heterocycles. The third kappa shape index (κ3) is 3.57. The van der Waals surface area contributed by atoms with Crippen LogP contribution in [0.25, 0.3) is 5.69 Å². The molecule has 2 heterocycles. The third-order valence-corrected chi connectivity index (χ3v) is 4.30. The largest absolute Gasteiger partial charge is 0.490 e. The van der Waals surface area contributed by atoms with Crippen LogP contribution in [-0.4, -0.2) is 23.7 Å². The summed E-state index contributed by atoms with van der Waals surface area (Å²) < 4.78 is 13.3. The first kappa shape index (κ1) is 16.3. The molecule has 1 aliphatic rings. The number of fused-ring (bicyclic) bond motifs is 1. The molecule has 4 rings (SSSR count). The molecule has 0 radical (unpaired) electrons. The van der Waals surface area contributed by atoms with Crippen molar-refractivity contribution in [2.45, 2.75) is 13.0 Å². The number of rotatable bonds is 4. The van der Waals surface area contributed by atoms with E-state index in [1.807, 2.05) is 71.6 Å². The summed E-state index contributed by atoms with van der Waals surface area (Å²) >= 11 is 0. The Labute approximate surface area is 152 Å². The van der Waals surface area contributed by atoms with Crippen LogP contribution in [-0.2, 0) is 6.54 Å². The Morgan fingerprint density at radius 3 is 2.46 bits per heavy atom. The minimum absolute atomic E-state index is 0.101. The molecule has 3 aromatic rings. The van der Waals surface area contributed by atoms with Crippen molar-refractivity contribution in [3.05, 3.63) is 78.1 Å². The highest BCUT2D eigenvalue weighted by atomic mass is 16.5. The van der Waals surface area contributed by atoms with Gasteiger partial charge in [-0.15, -0.1) is 0 Å². The molecule has 2 aromatic carbocycles. The number of hydrogen-bond donors (Lipinski definition) is 1. The third-order valence-electron chi connectivity index (χ3n) is 4.30. The number of ether oxygens (including phenoxy) is 2. The molecule has 0 aliphatic carbocycles. The summed E-state index contributed by atoms with van der Waals surface area (Å²) in [4.78, 5) is 12.4. The van der Waals surface area contributed by atoms with E-state index >= 15 is 0 Å². The Hall–Kier alpha value is -3.21. The summed E-state index contributed by atoms with van der Waals surface area (Å²) in [5.74, 6) is 1.40. The Kier molecular flexibility index (Phi) is 4.60. The minimum atomic E-state index is -0.101. The highest BCUT2D eigenvalue weighted by Crippen LogP contribution is 2.30. The predicted molar refractivity (Wildman–Crippen MR) is 99.0 cm³/mol. The van der Waals surface area contributed by atoms with Gasteiger partial charge >= 0.3 is 0 Å². The van der Waals surface area contributed by atoms with Crippen LogP contribution in [0, 0.1) is 0 Å². The number of carbonyl (C=O) groups is 1. The molecule has 132 valence electrons. The molecule has 0 atom stereocenters. The summed E-state index contributed by atoms with van der Waals surface area (Å²) in [6, 6.07) is 17.2. The molecule has 0 saturated heterocycles. The van der Waals surface area contributed by atoms with Gasteiger partial charge < -0.3 is 19.4 Å². The minimum Gasteiger partial charge on any atom is -0.490 e. The summed E-state index contributed by atoms with van der Waals surface area (Å²) in [5.41, 5.74) is 2.64. The van der Waals surface area contributed by atoms with Crippen LogP contribution < -0.4 is 14.8 Å². The summed E-state index contributed by atoms with van der Waals surface area (Å²) in [6.07, 6.45) is 4.82. The number of benzene rings is 2. The second-order valence-corrected chi connectivity index (χ2v) is 6.15. The number of hydrogen-bond acceptors (Lipinski definition) is 3. The fourth-order valence-electron chi connectivity index (χ4n) is 2.89. The molecule has 0 saturated carbocycles. The van der Waals surface area contributed by atoms with Gasteiger partial charge in [0.15, 0.2) is 11.5 Å². The molecule has 1 N–H and O–H groups in total. The molecule has 5 heteroatoms. The van der Waals surface area contributed by atoms with Crippen molar-refractivity contribution < 1.29 is 14.3 Å². The average Bonchev–Trinajstić information content (AvgIpc) is 3.12. The van der Waals surface area contributed by atoms with Gasteiger partial charge in [-0.1, -0.05) is 6.07 Å². The molecule has 0 spiro atoms. The van der Waals surface area contributed by atoms with Gasteiger partial charge in [0.05, 0.1) is 13.2 Å². The SMILES string of the molecule is O=C(NCc1ccc2c(c1)OCCCO2)c1ccc(-n2cccc2)cc1. The fourth-order valence-corrected chi connectivity index (χ4v) is 2.89. The summed E-state index contributed by atoms with van der Waals surface area (Å²) in [6.45, 7) is 1.76. The molecule has 1 aromatic heterocycles. The van der Waals surface area contributed by atoms with Crippen molar-refractivity contribution in [2.24, 2.45) is 0 Å². The van der Waals surface area contributed by atoms with Gasteiger partial charge in [-0.25, -0.2) is 0 Å². The topological polar surface area (TPSA) is 52.5 Å². The second kappa shape index (κ2) is 7.35. The van der Waals surface area contributed by atoms with Crippen molar-refractivity contribution in [1.82, 2.24) is 9.88 Å². The lowest BCUT2D eigenvalue weighted by Gasteiger charge is -2.10. The van der Waals surface area contributed by atoms with Gasteiger partial charge in [0, 0.05) is 36.6 Å². The van der Waals surface area contributed by atoms with Crippen molar-refractivity contribution in [3.8, 4) is 17.2 Å². The van der Waals surface area contributed by atoms with E-state index < -0.39 is 0 Å². The first-order valence-corrected chi connectivity index (χ1v) is 8.70. The maximum absolute atomic E-state index is 12.4. The maximum Gasteiger partial charge on any atom is 0.251 e. The van der Waals surface area contributed by atoms with Gasteiger partial charge in [0.2, 0.25) is 0 Å². The number of nitrogens with one attached hydrogen (secondary N) is 1. The lowest BCUT2D eigenvalue weighted by molar-refractivity contribution is 0.0951. The van der Waals surface area contributed by atoms with Gasteiger partial charge in [0.25, 0.3) is 5.91 Å². The Bertz CT molecular complexity index is 886. The monoisotopic (exact) mass is 348 g/mol. The Morgan fingerprint density at radius 2 is 1.69 bits per heavy atom. The van der Waals surface area contributed by atoms with Crippen LogP contribution in [0.3, 0.4) is 0 Å². The van der Waals surface area contributed by atoms with Crippen LogP contribution in [0.1, 0.15) is 22.3 Å². The van der Waals surface area contributed by atoms with Crippen molar-refractivity contribution >= 4 is 5.91 Å². The zero-order valence-electron chi connectivity index (χ0n) is 14.4. The van der Waals surface area contributed by atoms with Crippen LogP contribution >= 0.6 is 0 Å². The fraction of sp³-hybridized carbons (Fsp3) is 0.190. The highest BCUT2D eigenvalue weighted by Gasteiger charge is 2.11. The molecule has 0 unspecified atom stereocenters. The maximum atomic E-state index is 12.4. The molecule has 0 bridgehead atoms. The number of amides is 1. The lowest BCUT2D eigenvalue weighted by Crippen LogP contribution is -2.22. The first-order chi connectivity index (χ1) is 12.8. The van der Waals surface area contributed by atoms with Crippen molar-refractivity contribution in [1.29, 1.82) is 0 Å². The molecular formula is C21H20N2O3. The van der Waals surface area contributed by atoms with E-state index in [-0.39, 0.29) is 5.91 Å². The quantitative estimate of drug-likeness (QED) is 0.784. The van der Waals surface area contributed by atoms with Crippen LogP contribution in [0.5, 0.6) is 11.5 Å². The molecular weight excluding hydrogens is 328 g/mol. The average molecular weight is 348 g/mol. The van der Waals surface area contributed by atoms with E-state index in [2.05, 4.69) is 5.32 Å². The van der Waals surface area contributed by atoms with Gasteiger partial charge in [-0.2, -0.15) is 0 Å². The number of aromatic nitrogens is 1. The van der Waals surface area contributed by atoms with E-state index in [0.29, 0.717) is 25.3 Å². The number of carbonyl (C=O) groups excluding carboxylic acids is 1. The predicted octanol–water partition coefficient (Wildman–Crippen LogP) is 3.57. The van der Waals surface area contributed by atoms with E-state index in [4.69, 9.17) is 9.47 Å². The summed E-state index contributed by atoms with van der Waals surface area (Å²) in [7, 11) is 0. The standard InChI is InChI=1S/C21H20N2O3/c24-21(17-5-7-18(8-6-17)23-10-1-2-11-23)22-15-16-4-9-19-20(14-16)26-13-3-12-25-19/h1-2,4-11,14H,3,12-13,15H2,(H,22,24). The molecule has 1 amide bonds. The molecule has 0 fully saturated rings. The lowest BCUT2D eigenvalue weighted by atomic mass is 10.1. The van der Waals surface area contributed by atoms with Crippen LogP contribution in [0.15, 0.2) is 67.0 Å². The smallest absolute Gasteiger partial charge is 0.251 e. The van der Waals surface area contributed by atoms with Crippen molar-refractivity contribution in [2.75, 3.05) is 13.2 Å². The highest BCUT2D eigenvalue weighted by molar-refractivity contribution is 5.94. The normalized spacial score (nSPS) is 13.1. The van der Waals surface area contributed by atoms with Gasteiger partial charge in [-0.3, -0.25) is 4.79 Å². The zero-order chi connectivity index (χ0) is 17.8. The molecule has 5 nitrogen and oxygen atoms in total. The van der Waals surface area contributed by atoms with Gasteiger partial charge in [0.1, 0.15) is 0 Å². The second-order valence-electron chi connectivity index (χ2n) is 6.15. The van der Waals surface area contributed by atoms with Crippen LogP contribution in [0.4, 0.5) is 0 Å². The Balaban J connectivity index is 1.40. The number of nitrogens with zero attached hydrogens (tertiary/aromatic N) is 1. The van der Waals surface area contributed by atoms with E-state index in [1.54, 1.807) is 0 Å².